The second-order valence-electron chi connectivity index (χ2n) is 4.33. The summed E-state index contributed by atoms with van der Waals surface area (Å²) >= 11 is 0. The Balaban J connectivity index is 0. The highest BCUT2D eigenvalue weighted by atomic mass is 35.5. The first-order valence-corrected chi connectivity index (χ1v) is 6.18. The molecule has 0 spiro atoms. The number of urea groups is 1. The van der Waals surface area contributed by atoms with Crippen LogP contribution in [0.1, 0.15) is 20.3 Å². The maximum atomic E-state index is 11.9. The van der Waals surface area contributed by atoms with E-state index in [1.54, 1.807) is 12.2 Å². The molecule has 0 aliphatic carbocycles. The number of alkyl halides is 3. The van der Waals surface area contributed by atoms with Gasteiger partial charge in [-0.1, -0.05) is 6.92 Å². The second kappa shape index (κ2) is 10.2. The highest BCUT2D eigenvalue weighted by Crippen LogP contribution is 2.11. The van der Waals surface area contributed by atoms with E-state index in [0.717, 1.165) is 0 Å². The van der Waals surface area contributed by atoms with E-state index < -0.39 is 43.2 Å². The van der Waals surface area contributed by atoms with Crippen LogP contribution in [0.5, 0.6) is 0 Å². The van der Waals surface area contributed by atoms with E-state index in [9.17, 15) is 27.6 Å². The Morgan fingerprint density at radius 1 is 1.27 bits per heavy atom. The summed E-state index contributed by atoms with van der Waals surface area (Å²) in [7, 11) is 0. The fraction of sp³-hybridized carbons (Fsp3) is 0.727. The molecule has 0 rings (SSSR count). The summed E-state index contributed by atoms with van der Waals surface area (Å²) in [5.41, 5.74) is 0. The molecule has 7 nitrogen and oxygen atoms in total. The Morgan fingerprint density at radius 3 is 2.23 bits per heavy atom. The highest BCUT2D eigenvalue weighted by Gasteiger charge is 2.29. The van der Waals surface area contributed by atoms with Crippen molar-refractivity contribution in [2.24, 2.45) is 0 Å². The van der Waals surface area contributed by atoms with Gasteiger partial charge in [0.2, 0.25) is 5.91 Å². The Morgan fingerprint density at radius 2 is 1.82 bits per heavy atom. The van der Waals surface area contributed by atoms with E-state index >= 15 is 0 Å². The lowest BCUT2D eigenvalue weighted by molar-refractivity contribution is -0.139. The number of hydrogen-bond donors (Lipinski definition) is 3. The summed E-state index contributed by atoms with van der Waals surface area (Å²) in [5, 5.41) is 11.9. The minimum atomic E-state index is -4.58. The molecule has 0 radical (unpaired) electrons. The molecule has 0 fully saturated rings. The molecular formula is C11H19ClF3N3O4. The van der Waals surface area contributed by atoms with Gasteiger partial charge in [-0.05, 0) is 19.9 Å². The Hall–Kier alpha value is -1.55. The van der Waals surface area contributed by atoms with E-state index in [-0.39, 0.29) is 12.4 Å². The molecule has 130 valence electrons. The summed E-state index contributed by atoms with van der Waals surface area (Å²) < 4.78 is 35.6. The molecule has 1 atom stereocenters. The molecule has 0 heterocycles. The molecule has 3 amide bonds. The number of carboxylic acid groups (broad SMARTS) is 1. The summed E-state index contributed by atoms with van der Waals surface area (Å²) in [4.78, 5) is 34.8. The molecule has 0 aliphatic rings. The van der Waals surface area contributed by atoms with Crippen molar-refractivity contribution in [3.05, 3.63) is 0 Å². The minimum Gasteiger partial charge on any atom is -0.480 e. The van der Waals surface area contributed by atoms with E-state index in [2.05, 4.69) is 0 Å². The monoisotopic (exact) mass is 349 g/mol. The summed E-state index contributed by atoms with van der Waals surface area (Å²) in [5.74, 6) is -2.02. The van der Waals surface area contributed by atoms with Gasteiger partial charge in [0.15, 0.2) is 0 Å². The SMILES string of the molecule is CCCN(CC(=O)O)C(C)C(=O)NC(=O)NCC(F)(F)F.Cl. The molecule has 0 bridgehead atoms. The second-order valence-corrected chi connectivity index (χ2v) is 4.33. The van der Waals surface area contributed by atoms with Crippen LogP contribution in [-0.4, -0.2) is 59.8 Å². The molecule has 0 aromatic rings. The maximum absolute atomic E-state index is 11.9. The molecule has 22 heavy (non-hydrogen) atoms. The minimum absolute atomic E-state index is 0. The fourth-order valence-electron chi connectivity index (χ4n) is 1.48. The number of carboxylic acids is 1. The van der Waals surface area contributed by atoms with Crippen molar-refractivity contribution < 1.29 is 32.7 Å². The van der Waals surface area contributed by atoms with Crippen LogP contribution in [0, 0.1) is 0 Å². The number of carbonyl (C=O) groups is 3. The molecule has 3 N–H and O–H groups in total. The number of hydrogen-bond acceptors (Lipinski definition) is 4. The Bertz CT molecular complexity index is 393. The van der Waals surface area contributed by atoms with Gasteiger partial charge < -0.3 is 10.4 Å². The fourth-order valence-corrected chi connectivity index (χ4v) is 1.48. The highest BCUT2D eigenvalue weighted by molar-refractivity contribution is 5.96. The van der Waals surface area contributed by atoms with Crippen LogP contribution in [0.25, 0.3) is 0 Å². The lowest BCUT2D eigenvalue weighted by Crippen LogP contribution is -2.51. The summed E-state index contributed by atoms with van der Waals surface area (Å²) in [6, 6.07) is -2.24. The number of carbonyl (C=O) groups excluding carboxylic acids is 2. The zero-order chi connectivity index (χ0) is 16.6. The van der Waals surface area contributed by atoms with Crippen LogP contribution in [0.3, 0.4) is 0 Å². The zero-order valence-corrected chi connectivity index (χ0v) is 12.9. The predicted octanol–water partition coefficient (Wildman–Crippen LogP) is 0.981. The van der Waals surface area contributed by atoms with Gasteiger partial charge in [0.1, 0.15) is 6.54 Å². The van der Waals surface area contributed by atoms with Gasteiger partial charge in [-0.15, -0.1) is 12.4 Å². The first-order chi connectivity index (χ1) is 9.56. The van der Waals surface area contributed by atoms with Gasteiger partial charge in [0.25, 0.3) is 0 Å². The van der Waals surface area contributed by atoms with Crippen molar-refractivity contribution in [1.29, 1.82) is 0 Å². The number of rotatable bonds is 7. The Kier molecular flexibility index (Phi) is 10.6. The van der Waals surface area contributed by atoms with Gasteiger partial charge in [-0.25, -0.2) is 4.79 Å². The van der Waals surface area contributed by atoms with Crippen LogP contribution in [-0.2, 0) is 9.59 Å². The number of nitrogens with zero attached hydrogens (tertiary/aromatic N) is 1. The van der Waals surface area contributed by atoms with Gasteiger partial charge >= 0.3 is 18.2 Å². The van der Waals surface area contributed by atoms with E-state index in [0.29, 0.717) is 13.0 Å². The molecular weight excluding hydrogens is 331 g/mol. The van der Waals surface area contributed by atoms with Crippen molar-refractivity contribution >= 4 is 30.3 Å². The third-order valence-corrected chi connectivity index (χ3v) is 2.46. The first-order valence-electron chi connectivity index (χ1n) is 6.18. The average molecular weight is 350 g/mol. The molecule has 0 aliphatic heterocycles. The van der Waals surface area contributed by atoms with Crippen LogP contribution in [0.4, 0.5) is 18.0 Å². The maximum Gasteiger partial charge on any atom is 0.405 e. The first kappa shape index (κ1) is 22.7. The number of aliphatic carboxylic acids is 1. The average Bonchev–Trinajstić information content (AvgIpc) is 2.33. The predicted molar refractivity (Wildman–Crippen MR) is 73.8 cm³/mol. The number of halogens is 4. The standard InChI is InChI=1S/C11H18F3N3O4.ClH/c1-3-4-17(5-8(18)19)7(2)9(20)16-10(21)15-6-11(12,13)14;/h7H,3-6H2,1-2H3,(H,18,19)(H2,15,16,20,21);1H. The summed E-state index contributed by atoms with van der Waals surface area (Å²) in [6.07, 6.45) is -4.01. The number of nitrogens with one attached hydrogen (secondary N) is 2. The normalized spacial score (nSPS) is 12.3. The van der Waals surface area contributed by atoms with Gasteiger partial charge in [-0.3, -0.25) is 19.8 Å². The van der Waals surface area contributed by atoms with E-state index in [4.69, 9.17) is 5.11 Å². The van der Waals surface area contributed by atoms with Gasteiger partial charge in [-0.2, -0.15) is 13.2 Å². The molecule has 0 saturated carbocycles. The van der Waals surface area contributed by atoms with Gasteiger partial charge in [0, 0.05) is 0 Å². The van der Waals surface area contributed by atoms with Crippen LogP contribution in [0.2, 0.25) is 0 Å². The van der Waals surface area contributed by atoms with Crippen molar-refractivity contribution in [2.75, 3.05) is 19.6 Å². The lowest BCUT2D eigenvalue weighted by atomic mass is 10.2. The molecule has 11 heteroatoms. The Labute approximate surface area is 131 Å². The van der Waals surface area contributed by atoms with Crippen molar-refractivity contribution in [3.63, 3.8) is 0 Å². The van der Waals surface area contributed by atoms with Crippen molar-refractivity contribution in [1.82, 2.24) is 15.5 Å². The van der Waals surface area contributed by atoms with Crippen LogP contribution >= 0.6 is 12.4 Å². The van der Waals surface area contributed by atoms with Gasteiger partial charge in [0.05, 0.1) is 12.6 Å². The van der Waals surface area contributed by atoms with E-state index in [1.165, 1.54) is 17.1 Å². The molecule has 1 unspecified atom stereocenters. The summed E-state index contributed by atoms with van der Waals surface area (Å²) in [6.45, 7) is 1.46. The van der Waals surface area contributed by atoms with Crippen molar-refractivity contribution in [2.45, 2.75) is 32.5 Å². The van der Waals surface area contributed by atoms with Crippen molar-refractivity contribution in [3.8, 4) is 0 Å². The zero-order valence-electron chi connectivity index (χ0n) is 12.1. The quantitative estimate of drug-likeness (QED) is 0.636. The number of imide groups is 1. The van der Waals surface area contributed by atoms with E-state index in [1.807, 2.05) is 0 Å². The third kappa shape index (κ3) is 10.2. The smallest absolute Gasteiger partial charge is 0.405 e. The van der Waals surface area contributed by atoms with Crippen LogP contribution < -0.4 is 10.6 Å². The molecule has 0 aromatic carbocycles. The largest absolute Gasteiger partial charge is 0.480 e. The molecule has 0 saturated heterocycles. The van der Waals surface area contributed by atoms with Crippen LogP contribution in [0.15, 0.2) is 0 Å². The lowest BCUT2D eigenvalue weighted by Gasteiger charge is -2.25. The number of amides is 3. The third-order valence-electron chi connectivity index (χ3n) is 2.46. The topological polar surface area (TPSA) is 98.7 Å². The molecule has 0 aromatic heterocycles.